The molecule has 3 aromatic rings. The fraction of sp³-hybridized carbons (Fsp3) is 0.125. The maximum Gasteiger partial charge on any atom is 0.446 e. The lowest BCUT2D eigenvalue weighted by molar-refractivity contribution is -0.0328. The molecule has 25 heavy (non-hydrogen) atoms. The monoisotopic (exact) mass is 372 g/mol. The minimum Gasteiger partial charge on any atom is -0.444 e. The van der Waals surface area contributed by atoms with Crippen LogP contribution in [-0.2, 0) is 0 Å². The Balaban J connectivity index is 1.95. The van der Waals surface area contributed by atoms with Gasteiger partial charge in [-0.25, -0.2) is 13.8 Å². The molecule has 0 saturated heterocycles. The van der Waals surface area contributed by atoms with Crippen molar-refractivity contribution >= 4 is 11.8 Å². The van der Waals surface area contributed by atoms with Crippen molar-refractivity contribution < 1.29 is 26.4 Å². The van der Waals surface area contributed by atoms with Gasteiger partial charge in [-0.2, -0.15) is 13.2 Å². The Hall–Kier alpha value is -2.42. The smallest absolute Gasteiger partial charge is 0.444 e. The lowest BCUT2D eigenvalue weighted by atomic mass is 9.99. The lowest BCUT2D eigenvalue weighted by Crippen LogP contribution is -2.03. The highest BCUT2D eigenvalue weighted by molar-refractivity contribution is 8.00. The summed E-state index contributed by atoms with van der Waals surface area (Å²) in [6.07, 6.45) is 2.71. The number of rotatable bonds is 4. The molecule has 0 amide bonds. The van der Waals surface area contributed by atoms with E-state index in [2.05, 4.69) is 9.97 Å². The van der Waals surface area contributed by atoms with Gasteiger partial charge in [0.1, 0.15) is 12.1 Å². The van der Waals surface area contributed by atoms with Crippen molar-refractivity contribution in [3.63, 3.8) is 0 Å². The van der Waals surface area contributed by atoms with Gasteiger partial charge in [-0.1, -0.05) is 12.1 Å². The summed E-state index contributed by atoms with van der Waals surface area (Å²) in [5.74, 6) is -0.911. The van der Waals surface area contributed by atoms with E-state index in [0.717, 1.165) is 18.3 Å². The van der Waals surface area contributed by atoms with E-state index in [0.29, 0.717) is 0 Å². The average molecular weight is 372 g/mol. The zero-order valence-corrected chi connectivity index (χ0v) is 13.1. The van der Waals surface area contributed by atoms with Gasteiger partial charge >= 0.3 is 5.51 Å². The zero-order chi connectivity index (χ0) is 18.0. The highest BCUT2D eigenvalue weighted by atomic mass is 32.2. The molecule has 2 aromatic heterocycles. The Morgan fingerprint density at radius 1 is 1.08 bits per heavy atom. The molecule has 0 saturated carbocycles. The third-order valence-electron chi connectivity index (χ3n) is 3.26. The zero-order valence-electron chi connectivity index (χ0n) is 12.3. The molecule has 1 aromatic carbocycles. The number of halogens is 5. The second-order valence-corrected chi connectivity index (χ2v) is 6.04. The molecular formula is C16H9F5N2OS. The molecule has 1 unspecified atom stereocenters. The van der Waals surface area contributed by atoms with Crippen LogP contribution in [0.4, 0.5) is 22.0 Å². The SMILES string of the molecule is Fc1cncc(-c2ncco2)c1C(F)c1ccc(SC(F)(F)F)cc1. The number of alkyl halides is 4. The van der Waals surface area contributed by atoms with Crippen LogP contribution in [0.25, 0.3) is 11.5 Å². The standard InChI is InChI=1S/C16H9F5N2OS/c17-12-8-22-7-11(15-23-5-6-24-15)13(12)14(18)9-1-3-10(4-2-9)25-16(19,20)21/h1-8,14H. The first-order valence-corrected chi connectivity index (χ1v) is 7.70. The largest absolute Gasteiger partial charge is 0.446 e. The third-order valence-corrected chi connectivity index (χ3v) is 4.00. The van der Waals surface area contributed by atoms with E-state index in [-0.39, 0.29) is 39.2 Å². The molecule has 0 spiro atoms. The fourth-order valence-corrected chi connectivity index (χ4v) is 2.77. The second kappa shape index (κ2) is 6.83. The van der Waals surface area contributed by atoms with Gasteiger partial charge in [0.05, 0.1) is 18.0 Å². The van der Waals surface area contributed by atoms with Crippen molar-refractivity contribution in [2.75, 3.05) is 0 Å². The van der Waals surface area contributed by atoms with Gasteiger partial charge in [0.25, 0.3) is 0 Å². The third kappa shape index (κ3) is 3.98. The highest BCUT2D eigenvalue weighted by Crippen LogP contribution is 2.39. The Labute approximate surface area is 142 Å². The number of aromatic nitrogens is 2. The molecule has 0 aliphatic heterocycles. The highest BCUT2D eigenvalue weighted by Gasteiger charge is 2.29. The molecule has 0 radical (unpaired) electrons. The summed E-state index contributed by atoms with van der Waals surface area (Å²) in [4.78, 5) is 7.42. The normalized spacial score (nSPS) is 13.0. The van der Waals surface area contributed by atoms with Crippen molar-refractivity contribution in [3.8, 4) is 11.5 Å². The number of thioether (sulfide) groups is 1. The van der Waals surface area contributed by atoms with Gasteiger partial charge in [-0.3, -0.25) is 4.98 Å². The topological polar surface area (TPSA) is 38.9 Å². The first-order valence-electron chi connectivity index (χ1n) is 6.88. The molecule has 2 heterocycles. The lowest BCUT2D eigenvalue weighted by Gasteiger charge is -2.14. The van der Waals surface area contributed by atoms with Crippen molar-refractivity contribution in [1.82, 2.24) is 9.97 Å². The van der Waals surface area contributed by atoms with Crippen molar-refractivity contribution in [2.45, 2.75) is 16.6 Å². The number of nitrogens with zero attached hydrogens (tertiary/aromatic N) is 2. The number of pyridine rings is 1. The van der Waals surface area contributed by atoms with Gasteiger partial charge in [-0.05, 0) is 29.5 Å². The van der Waals surface area contributed by atoms with Gasteiger partial charge in [-0.15, -0.1) is 0 Å². The van der Waals surface area contributed by atoms with Crippen LogP contribution < -0.4 is 0 Å². The molecular weight excluding hydrogens is 363 g/mol. The molecule has 0 aliphatic rings. The molecule has 3 nitrogen and oxygen atoms in total. The molecule has 0 bridgehead atoms. The quantitative estimate of drug-likeness (QED) is 0.445. The van der Waals surface area contributed by atoms with E-state index in [9.17, 15) is 22.0 Å². The summed E-state index contributed by atoms with van der Waals surface area (Å²) < 4.78 is 71.1. The number of oxazole rings is 1. The van der Waals surface area contributed by atoms with Gasteiger partial charge in [0.15, 0.2) is 6.17 Å². The van der Waals surface area contributed by atoms with E-state index < -0.39 is 17.5 Å². The number of hydrogen-bond acceptors (Lipinski definition) is 4. The van der Waals surface area contributed by atoms with Gasteiger partial charge in [0, 0.05) is 16.7 Å². The van der Waals surface area contributed by atoms with E-state index in [1.54, 1.807) is 0 Å². The summed E-state index contributed by atoms with van der Waals surface area (Å²) in [5, 5.41) is 0. The van der Waals surface area contributed by atoms with Crippen LogP contribution in [0.3, 0.4) is 0 Å². The number of benzene rings is 1. The Morgan fingerprint density at radius 2 is 1.80 bits per heavy atom. The summed E-state index contributed by atoms with van der Waals surface area (Å²) in [5.41, 5.74) is -4.74. The number of hydrogen-bond donors (Lipinski definition) is 0. The second-order valence-electron chi connectivity index (χ2n) is 4.90. The van der Waals surface area contributed by atoms with E-state index >= 15 is 0 Å². The van der Waals surface area contributed by atoms with Crippen LogP contribution in [-0.4, -0.2) is 15.5 Å². The van der Waals surface area contributed by atoms with Crippen LogP contribution in [0.15, 0.2) is 58.4 Å². The summed E-state index contributed by atoms with van der Waals surface area (Å²) >= 11 is -0.310. The molecule has 130 valence electrons. The van der Waals surface area contributed by atoms with Crippen LogP contribution >= 0.6 is 11.8 Å². The molecule has 0 N–H and O–H groups in total. The fourth-order valence-electron chi connectivity index (χ4n) is 2.23. The average Bonchev–Trinajstić information content (AvgIpc) is 3.07. The first-order chi connectivity index (χ1) is 11.8. The van der Waals surface area contributed by atoms with Gasteiger partial charge < -0.3 is 4.42 Å². The summed E-state index contributed by atoms with van der Waals surface area (Å²) in [7, 11) is 0. The summed E-state index contributed by atoms with van der Waals surface area (Å²) in [6.45, 7) is 0. The Bertz CT molecular complexity index is 850. The van der Waals surface area contributed by atoms with Crippen LogP contribution in [0, 0.1) is 5.82 Å². The van der Waals surface area contributed by atoms with E-state index in [4.69, 9.17) is 4.42 Å². The van der Waals surface area contributed by atoms with Crippen LogP contribution in [0.1, 0.15) is 17.3 Å². The molecule has 1 atom stereocenters. The predicted octanol–water partition coefficient (Wildman–Crippen LogP) is 5.55. The van der Waals surface area contributed by atoms with E-state index in [1.807, 2.05) is 0 Å². The minimum atomic E-state index is -4.44. The molecule has 9 heteroatoms. The Morgan fingerprint density at radius 3 is 2.40 bits per heavy atom. The molecule has 3 rings (SSSR count). The predicted molar refractivity (Wildman–Crippen MR) is 81.0 cm³/mol. The van der Waals surface area contributed by atoms with Crippen molar-refractivity contribution in [3.05, 3.63) is 66.1 Å². The summed E-state index contributed by atoms with van der Waals surface area (Å²) in [6, 6.07) is 4.61. The Kier molecular flexibility index (Phi) is 4.76. The minimum absolute atomic E-state index is 0.00410. The van der Waals surface area contributed by atoms with Crippen LogP contribution in [0.5, 0.6) is 0 Å². The van der Waals surface area contributed by atoms with Crippen molar-refractivity contribution in [2.24, 2.45) is 0 Å². The maximum absolute atomic E-state index is 14.9. The molecule has 0 aliphatic carbocycles. The van der Waals surface area contributed by atoms with Crippen LogP contribution in [0.2, 0.25) is 0 Å². The molecule has 0 fully saturated rings. The van der Waals surface area contributed by atoms with Crippen molar-refractivity contribution in [1.29, 1.82) is 0 Å². The van der Waals surface area contributed by atoms with E-state index in [1.165, 1.54) is 30.8 Å². The first kappa shape index (κ1) is 17.4. The van der Waals surface area contributed by atoms with Gasteiger partial charge in [0.2, 0.25) is 5.89 Å². The maximum atomic E-state index is 14.9.